The molecule has 0 amide bonds. The first-order valence-corrected chi connectivity index (χ1v) is 21.4. The lowest BCUT2D eigenvalue weighted by atomic mass is 9.88. The summed E-state index contributed by atoms with van der Waals surface area (Å²) in [5.74, 6) is 1.00. The Labute approximate surface area is 361 Å². The van der Waals surface area contributed by atoms with Crippen LogP contribution in [0.3, 0.4) is 0 Å². The van der Waals surface area contributed by atoms with E-state index in [0.717, 1.165) is 17.0 Å². The van der Waals surface area contributed by atoms with Gasteiger partial charge in [0.2, 0.25) is 5.96 Å². The van der Waals surface area contributed by atoms with E-state index in [1.165, 1.54) is 88.7 Å². The van der Waals surface area contributed by atoms with Gasteiger partial charge in [0.05, 0.1) is 17.1 Å². The Morgan fingerprint density at radius 2 is 0.855 bits per heavy atom. The predicted octanol–water partition coefficient (Wildman–Crippen LogP) is 14.7. The van der Waals surface area contributed by atoms with Crippen LogP contribution in [0.4, 0.5) is 0 Å². The monoisotopic (exact) mass is 791 g/mol. The van der Waals surface area contributed by atoms with E-state index in [9.17, 15) is 0 Å². The summed E-state index contributed by atoms with van der Waals surface area (Å²) in [5.41, 5.74) is 19.8. The molecule has 0 spiro atoms. The van der Waals surface area contributed by atoms with Crippen LogP contribution in [0, 0.1) is 0 Å². The number of hydrogen-bond donors (Lipinski definition) is 1. The van der Waals surface area contributed by atoms with E-state index >= 15 is 0 Å². The molecule has 2 atom stereocenters. The molecule has 62 heavy (non-hydrogen) atoms. The van der Waals surface area contributed by atoms with E-state index in [2.05, 4.69) is 234 Å². The van der Waals surface area contributed by atoms with E-state index in [1.54, 1.807) is 0 Å². The maximum absolute atomic E-state index is 4.96. The Hall–Kier alpha value is -8.01. The van der Waals surface area contributed by atoms with Crippen LogP contribution in [0.5, 0.6) is 0 Å². The first-order valence-electron chi connectivity index (χ1n) is 21.4. The second-order valence-corrected chi connectivity index (χ2v) is 16.4. The Morgan fingerprint density at radius 3 is 1.56 bits per heavy atom. The second kappa shape index (κ2) is 14.9. The summed E-state index contributed by atoms with van der Waals surface area (Å²) < 4.78 is 2.28. The average Bonchev–Trinajstić information content (AvgIpc) is 3.87. The van der Waals surface area contributed by atoms with Gasteiger partial charge in [0.25, 0.3) is 0 Å². The van der Waals surface area contributed by atoms with Crippen molar-refractivity contribution in [1.82, 2.24) is 9.88 Å². The number of aromatic nitrogens is 1. The highest BCUT2D eigenvalue weighted by Gasteiger charge is 2.31. The molecular weight excluding hydrogens is 751 g/mol. The van der Waals surface area contributed by atoms with Gasteiger partial charge in [-0.05, 0) is 120 Å². The molecular formula is C59H41N3. The maximum Gasteiger partial charge on any atom is 0.208 e. The van der Waals surface area contributed by atoms with Crippen molar-refractivity contribution in [1.29, 1.82) is 0 Å². The summed E-state index contributed by atoms with van der Waals surface area (Å²) in [6.07, 6.45) is 4.09. The molecule has 0 saturated heterocycles. The Kier molecular flexibility index (Phi) is 8.64. The van der Waals surface area contributed by atoms with Crippen molar-refractivity contribution in [3.05, 3.63) is 253 Å². The minimum absolute atomic E-state index is 0.0436. The molecule has 1 aliphatic heterocycles. The van der Waals surface area contributed by atoms with Crippen LogP contribution < -0.4 is 5.32 Å². The van der Waals surface area contributed by atoms with Crippen molar-refractivity contribution in [3.8, 4) is 55.6 Å². The zero-order valence-corrected chi connectivity index (χ0v) is 34.0. The summed E-state index contributed by atoms with van der Waals surface area (Å²) in [4.78, 5) is 4.96. The third-order valence-corrected chi connectivity index (χ3v) is 12.8. The van der Waals surface area contributed by atoms with Crippen molar-refractivity contribution in [2.45, 2.75) is 12.0 Å². The molecule has 12 rings (SSSR count). The van der Waals surface area contributed by atoms with Crippen molar-refractivity contribution in [2.75, 3.05) is 0 Å². The van der Waals surface area contributed by atoms with Crippen LogP contribution in [0.2, 0.25) is 0 Å². The Morgan fingerprint density at radius 1 is 0.371 bits per heavy atom. The number of nitrogens with one attached hydrogen (secondary N) is 1. The first-order chi connectivity index (χ1) is 30.7. The van der Waals surface area contributed by atoms with E-state index in [0.29, 0.717) is 0 Å². The Bertz CT molecular complexity index is 3360. The molecule has 2 heterocycles. The maximum atomic E-state index is 4.96. The van der Waals surface area contributed by atoms with E-state index < -0.39 is 0 Å². The summed E-state index contributed by atoms with van der Waals surface area (Å²) in [6, 6.07) is 79.5. The average molecular weight is 792 g/mol. The van der Waals surface area contributed by atoms with Gasteiger partial charge in [-0.25, -0.2) is 4.99 Å². The number of aliphatic imine (C=N–C) groups is 1. The number of nitrogens with zero attached hydrogens (tertiary/aromatic N) is 2. The van der Waals surface area contributed by atoms with Gasteiger partial charge >= 0.3 is 0 Å². The van der Waals surface area contributed by atoms with Gasteiger partial charge in [-0.2, -0.15) is 0 Å². The van der Waals surface area contributed by atoms with Crippen LogP contribution in [0.1, 0.15) is 34.2 Å². The van der Waals surface area contributed by atoms with Crippen molar-refractivity contribution >= 4 is 27.8 Å². The smallest absolute Gasteiger partial charge is 0.208 e. The predicted molar refractivity (Wildman–Crippen MR) is 258 cm³/mol. The number of rotatable bonds is 6. The normalized spacial score (nSPS) is 15.3. The highest BCUT2D eigenvalue weighted by atomic mass is 15.2. The number of hydrogen-bond acceptors (Lipinski definition) is 2. The van der Waals surface area contributed by atoms with Gasteiger partial charge in [-0.15, -0.1) is 0 Å². The third-order valence-electron chi connectivity index (χ3n) is 12.8. The van der Waals surface area contributed by atoms with Crippen molar-refractivity contribution in [3.63, 3.8) is 0 Å². The van der Waals surface area contributed by atoms with Gasteiger partial charge in [0, 0.05) is 22.9 Å². The molecule has 3 heteroatoms. The lowest BCUT2D eigenvalue weighted by Crippen LogP contribution is -2.34. The van der Waals surface area contributed by atoms with Crippen LogP contribution in [0.15, 0.2) is 236 Å². The highest BCUT2D eigenvalue weighted by molar-refractivity contribution is 6.15. The Balaban J connectivity index is 0.891. The zero-order chi connectivity index (χ0) is 41.0. The highest BCUT2D eigenvalue weighted by Crippen LogP contribution is 2.50. The van der Waals surface area contributed by atoms with Gasteiger partial charge in [-0.1, -0.05) is 182 Å². The summed E-state index contributed by atoms with van der Waals surface area (Å²) in [5, 5.41) is 6.21. The van der Waals surface area contributed by atoms with Crippen LogP contribution in [0.25, 0.3) is 77.4 Å². The summed E-state index contributed by atoms with van der Waals surface area (Å²) in [7, 11) is 0. The zero-order valence-electron chi connectivity index (χ0n) is 34.0. The van der Waals surface area contributed by atoms with E-state index in [4.69, 9.17) is 4.99 Å². The fraction of sp³-hybridized carbons (Fsp3) is 0.0339. The summed E-state index contributed by atoms with van der Waals surface area (Å²) >= 11 is 0. The third kappa shape index (κ3) is 6.17. The van der Waals surface area contributed by atoms with E-state index in [-0.39, 0.29) is 12.0 Å². The molecule has 0 fully saturated rings. The molecule has 1 aliphatic carbocycles. The molecule has 0 radical (unpaired) electrons. The second-order valence-electron chi connectivity index (χ2n) is 16.4. The topological polar surface area (TPSA) is 29.3 Å². The molecule has 292 valence electrons. The number of fused-ring (bicyclic) bond motifs is 6. The fourth-order valence-corrected chi connectivity index (χ4v) is 9.76. The first kappa shape index (κ1) is 35.9. The van der Waals surface area contributed by atoms with Gasteiger partial charge < -0.3 is 5.32 Å². The molecule has 2 aliphatic rings. The summed E-state index contributed by atoms with van der Waals surface area (Å²) in [6.45, 7) is 0. The lowest BCUT2D eigenvalue weighted by molar-refractivity contribution is 0.756. The molecule has 0 saturated carbocycles. The molecule has 1 aromatic heterocycles. The molecule has 3 nitrogen and oxygen atoms in total. The quantitative estimate of drug-likeness (QED) is 0.179. The molecule has 2 unspecified atom stereocenters. The van der Waals surface area contributed by atoms with Crippen LogP contribution >= 0.6 is 0 Å². The standard InChI is InChI=1S/C59H41N3/c1-4-13-39(14-5-1)41-23-25-42(26-24-41)44-19-12-20-48(35-44)55-33-34-60-59(61-55)62-56-22-11-10-21-49(56)54-38-47(29-32-57(54)62)46-28-31-51-53(37-46)52-36-45(40-15-6-2-7-16-40)27-30-50(52)58(51)43-17-8-3-9-18-43/h1-38,55,58H,(H,60,61). The minimum atomic E-state index is -0.0436. The molecule has 0 bridgehead atoms. The van der Waals surface area contributed by atoms with Crippen molar-refractivity contribution < 1.29 is 0 Å². The van der Waals surface area contributed by atoms with E-state index in [1.807, 2.05) is 6.20 Å². The SMILES string of the molecule is C1=CC(c2cccc(-c3ccc(-c4ccccc4)cc3)c2)NC(n2c3ccccc3c3cc(-c4ccc5c(c4)-c4cc(-c6ccccc6)ccc4C5c4ccccc4)ccc32)=N1. The molecule has 9 aromatic carbocycles. The largest absolute Gasteiger partial charge is 0.345 e. The number of benzene rings is 9. The van der Waals surface area contributed by atoms with Crippen molar-refractivity contribution in [2.24, 2.45) is 4.99 Å². The van der Waals surface area contributed by atoms with Crippen LogP contribution in [-0.2, 0) is 0 Å². The molecule has 1 N–H and O–H groups in total. The van der Waals surface area contributed by atoms with Gasteiger partial charge in [0.1, 0.15) is 0 Å². The number of para-hydroxylation sites is 1. The lowest BCUT2D eigenvalue weighted by Gasteiger charge is -2.23. The van der Waals surface area contributed by atoms with Gasteiger partial charge in [-0.3, -0.25) is 4.57 Å². The minimum Gasteiger partial charge on any atom is -0.345 e. The van der Waals surface area contributed by atoms with Crippen LogP contribution in [-0.4, -0.2) is 10.5 Å². The fourth-order valence-electron chi connectivity index (χ4n) is 9.76. The van der Waals surface area contributed by atoms with Gasteiger partial charge in [0.15, 0.2) is 0 Å². The molecule has 10 aromatic rings.